The Hall–Kier alpha value is -1.39. The largest absolute Gasteiger partial charge is 0.460 e. The second-order valence-corrected chi connectivity index (χ2v) is 4.17. The van der Waals surface area contributed by atoms with Crippen LogP contribution in [0.3, 0.4) is 0 Å². The molecule has 90 valence electrons. The van der Waals surface area contributed by atoms with E-state index in [4.69, 9.17) is 4.74 Å². The van der Waals surface area contributed by atoms with Crippen LogP contribution in [0, 0.1) is 5.92 Å². The number of hydrogen-bond donors (Lipinski definition) is 0. The molecule has 0 bridgehead atoms. The van der Waals surface area contributed by atoms with Crippen LogP contribution in [0.1, 0.15) is 50.1 Å². The fourth-order valence-electron chi connectivity index (χ4n) is 1.37. The molecule has 0 aliphatic rings. The molecule has 16 heavy (non-hydrogen) atoms. The average molecular weight is 225 g/mol. The molecule has 1 unspecified atom stereocenters. The highest BCUT2D eigenvalue weighted by atomic mass is 16.5. The van der Waals surface area contributed by atoms with Crippen LogP contribution in [0.25, 0.3) is 0 Å². The summed E-state index contributed by atoms with van der Waals surface area (Å²) >= 11 is 0. The minimum atomic E-state index is -0.458. The molecule has 0 fully saturated rings. The number of aromatic nitrogens is 3. The lowest BCUT2D eigenvalue weighted by molar-refractivity contribution is 0.0511. The lowest BCUT2D eigenvalue weighted by Crippen LogP contribution is -2.09. The van der Waals surface area contributed by atoms with Gasteiger partial charge in [0.15, 0.2) is 0 Å². The van der Waals surface area contributed by atoms with Crippen LogP contribution in [0.2, 0.25) is 0 Å². The second kappa shape index (κ2) is 5.09. The van der Waals surface area contributed by atoms with E-state index in [9.17, 15) is 4.79 Å². The number of hydrogen-bond acceptors (Lipinski definition) is 4. The molecule has 0 N–H and O–H groups in total. The van der Waals surface area contributed by atoms with Crippen molar-refractivity contribution in [3.8, 4) is 0 Å². The fraction of sp³-hybridized carbons (Fsp3) is 0.727. The van der Waals surface area contributed by atoms with Gasteiger partial charge in [-0.05, 0) is 12.8 Å². The van der Waals surface area contributed by atoms with Gasteiger partial charge in [0.25, 0.3) is 5.82 Å². The summed E-state index contributed by atoms with van der Waals surface area (Å²) in [4.78, 5) is 15.7. The van der Waals surface area contributed by atoms with Crippen LogP contribution in [0.4, 0.5) is 0 Å². The maximum atomic E-state index is 11.4. The van der Waals surface area contributed by atoms with Gasteiger partial charge in [0.1, 0.15) is 5.82 Å². The molecule has 0 radical (unpaired) electrons. The van der Waals surface area contributed by atoms with Crippen molar-refractivity contribution < 1.29 is 9.53 Å². The van der Waals surface area contributed by atoms with Gasteiger partial charge < -0.3 is 4.74 Å². The number of aryl methyl sites for hydroxylation is 1. The van der Waals surface area contributed by atoms with Gasteiger partial charge >= 0.3 is 5.97 Å². The second-order valence-electron chi connectivity index (χ2n) is 4.17. The van der Waals surface area contributed by atoms with Crippen LogP contribution < -0.4 is 0 Å². The van der Waals surface area contributed by atoms with Crippen molar-refractivity contribution in [3.63, 3.8) is 0 Å². The number of ether oxygens (including phenoxy) is 1. The van der Waals surface area contributed by atoms with Crippen LogP contribution in [0.15, 0.2) is 0 Å². The number of nitrogens with zero attached hydrogens (tertiary/aromatic N) is 3. The summed E-state index contributed by atoms with van der Waals surface area (Å²) in [6.45, 7) is 8.40. The number of esters is 1. The van der Waals surface area contributed by atoms with E-state index >= 15 is 0 Å². The molecular formula is C11H19N3O2. The molecule has 1 rings (SSSR count). The number of rotatable bonds is 4. The summed E-state index contributed by atoms with van der Waals surface area (Å²) < 4.78 is 6.51. The van der Waals surface area contributed by atoms with E-state index in [-0.39, 0.29) is 11.7 Å². The van der Waals surface area contributed by atoms with Crippen molar-refractivity contribution in [2.45, 2.75) is 33.6 Å². The van der Waals surface area contributed by atoms with E-state index in [0.29, 0.717) is 12.5 Å². The third-order valence-electron chi connectivity index (χ3n) is 2.66. The Bertz CT molecular complexity index is 371. The molecule has 0 aliphatic heterocycles. The molecule has 0 spiro atoms. The lowest BCUT2D eigenvalue weighted by Gasteiger charge is -2.13. The smallest absolute Gasteiger partial charge is 0.378 e. The standard InChI is InChI=1S/C11H19N3O2/c1-6-16-11(15)9-12-10(14(5)13-9)8(4)7(2)3/h7-8H,6H2,1-5H3. The molecule has 1 atom stereocenters. The first-order chi connectivity index (χ1) is 7.47. The quantitative estimate of drug-likeness (QED) is 0.732. The highest BCUT2D eigenvalue weighted by Gasteiger charge is 2.21. The van der Waals surface area contributed by atoms with Crippen LogP contribution in [-0.4, -0.2) is 27.3 Å². The number of carbonyl (C=O) groups excluding carboxylic acids is 1. The summed E-state index contributed by atoms with van der Waals surface area (Å²) in [5.74, 6) is 1.23. The van der Waals surface area contributed by atoms with E-state index < -0.39 is 5.97 Å². The highest BCUT2D eigenvalue weighted by molar-refractivity contribution is 5.84. The van der Waals surface area contributed by atoms with E-state index in [1.807, 2.05) is 0 Å². The maximum Gasteiger partial charge on any atom is 0.378 e. The van der Waals surface area contributed by atoms with Crippen molar-refractivity contribution in [2.24, 2.45) is 13.0 Å². The topological polar surface area (TPSA) is 57.0 Å². The van der Waals surface area contributed by atoms with Crippen molar-refractivity contribution in [2.75, 3.05) is 6.61 Å². The Balaban J connectivity index is 2.93. The SMILES string of the molecule is CCOC(=O)c1nc(C(C)C(C)C)n(C)n1. The summed E-state index contributed by atoms with van der Waals surface area (Å²) in [5.41, 5.74) is 0. The summed E-state index contributed by atoms with van der Waals surface area (Å²) in [6.07, 6.45) is 0. The Kier molecular flexibility index (Phi) is 4.04. The molecule has 5 nitrogen and oxygen atoms in total. The first-order valence-corrected chi connectivity index (χ1v) is 5.55. The van der Waals surface area contributed by atoms with Crippen LogP contribution in [-0.2, 0) is 11.8 Å². The van der Waals surface area contributed by atoms with Gasteiger partial charge in [-0.2, -0.15) is 0 Å². The molecule has 0 saturated carbocycles. The van der Waals surface area contributed by atoms with E-state index in [1.165, 1.54) is 0 Å². The highest BCUT2D eigenvalue weighted by Crippen LogP contribution is 2.21. The molecule has 0 saturated heterocycles. The zero-order chi connectivity index (χ0) is 12.3. The Morgan fingerprint density at radius 3 is 2.56 bits per heavy atom. The van der Waals surface area contributed by atoms with Gasteiger partial charge in [-0.1, -0.05) is 20.8 Å². The maximum absolute atomic E-state index is 11.4. The molecular weight excluding hydrogens is 206 g/mol. The van der Waals surface area contributed by atoms with Gasteiger partial charge in [0.05, 0.1) is 6.61 Å². The van der Waals surface area contributed by atoms with Gasteiger partial charge in [-0.15, -0.1) is 5.10 Å². The van der Waals surface area contributed by atoms with E-state index in [2.05, 4.69) is 30.9 Å². The summed E-state index contributed by atoms with van der Waals surface area (Å²) in [7, 11) is 1.80. The predicted octanol–water partition coefficient (Wildman–Crippen LogP) is 1.75. The molecule has 1 aromatic rings. The molecule has 1 aromatic heterocycles. The van der Waals surface area contributed by atoms with Crippen molar-refractivity contribution >= 4 is 5.97 Å². The molecule has 0 aromatic carbocycles. The van der Waals surface area contributed by atoms with Crippen LogP contribution >= 0.6 is 0 Å². The zero-order valence-corrected chi connectivity index (χ0v) is 10.5. The third kappa shape index (κ3) is 2.59. The van der Waals surface area contributed by atoms with Crippen molar-refractivity contribution in [1.82, 2.24) is 14.8 Å². The monoisotopic (exact) mass is 225 g/mol. The minimum absolute atomic E-state index is 0.145. The first-order valence-electron chi connectivity index (χ1n) is 5.55. The Labute approximate surface area is 95.8 Å². The molecule has 1 heterocycles. The number of carbonyl (C=O) groups is 1. The van der Waals surface area contributed by atoms with Gasteiger partial charge in [0.2, 0.25) is 0 Å². The minimum Gasteiger partial charge on any atom is -0.460 e. The first kappa shape index (κ1) is 12.7. The van der Waals surface area contributed by atoms with Crippen LogP contribution in [0.5, 0.6) is 0 Å². The van der Waals surface area contributed by atoms with Gasteiger partial charge in [0, 0.05) is 13.0 Å². The van der Waals surface area contributed by atoms with E-state index in [1.54, 1.807) is 18.7 Å². The Morgan fingerprint density at radius 1 is 1.44 bits per heavy atom. The average Bonchev–Trinajstić information content (AvgIpc) is 2.59. The van der Waals surface area contributed by atoms with Crippen molar-refractivity contribution in [3.05, 3.63) is 11.6 Å². The molecule has 0 amide bonds. The third-order valence-corrected chi connectivity index (χ3v) is 2.66. The van der Waals surface area contributed by atoms with Crippen molar-refractivity contribution in [1.29, 1.82) is 0 Å². The zero-order valence-electron chi connectivity index (χ0n) is 10.5. The van der Waals surface area contributed by atoms with E-state index in [0.717, 1.165) is 5.82 Å². The predicted molar refractivity (Wildman–Crippen MR) is 60.2 cm³/mol. The molecule has 5 heteroatoms. The lowest BCUT2D eigenvalue weighted by atomic mass is 9.97. The molecule has 0 aliphatic carbocycles. The summed E-state index contributed by atoms with van der Waals surface area (Å²) in [5, 5.41) is 4.06. The summed E-state index contributed by atoms with van der Waals surface area (Å²) in [6, 6.07) is 0. The van der Waals surface area contributed by atoms with Gasteiger partial charge in [-0.3, -0.25) is 4.68 Å². The normalized spacial score (nSPS) is 12.9. The van der Waals surface area contributed by atoms with Gasteiger partial charge in [-0.25, -0.2) is 9.78 Å². The fourth-order valence-corrected chi connectivity index (χ4v) is 1.37. The Morgan fingerprint density at radius 2 is 2.06 bits per heavy atom.